The molecule has 0 radical (unpaired) electrons. The summed E-state index contributed by atoms with van der Waals surface area (Å²) in [5.41, 5.74) is -0.692. The summed E-state index contributed by atoms with van der Waals surface area (Å²) < 4.78 is 5.88. The van der Waals surface area contributed by atoms with Crippen LogP contribution < -0.4 is 10.1 Å². The first-order chi connectivity index (χ1) is 9.27. The molecule has 2 N–H and O–H groups in total. The van der Waals surface area contributed by atoms with Crippen molar-refractivity contribution in [2.45, 2.75) is 18.4 Å². The van der Waals surface area contributed by atoms with Crippen molar-refractivity contribution in [3.63, 3.8) is 0 Å². The van der Waals surface area contributed by atoms with Crippen molar-refractivity contribution in [1.29, 1.82) is 0 Å². The van der Waals surface area contributed by atoms with Gasteiger partial charge in [0.2, 0.25) is 0 Å². The van der Waals surface area contributed by atoms with Crippen LogP contribution in [0.3, 0.4) is 0 Å². The quantitative estimate of drug-likeness (QED) is 0.886. The zero-order valence-electron chi connectivity index (χ0n) is 10.9. The summed E-state index contributed by atoms with van der Waals surface area (Å²) in [5, 5.41) is 16.0. The van der Waals surface area contributed by atoms with Crippen molar-refractivity contribution in [1.82, 2.24) is 5.32 Å². The van der Waals surface area contributed by atoms with Gasteiger partial charge in [0.25, 0.3) is 0 Å². The Hall–Kier alpha value is -1.58. The molecule has 19 heavy (non-hydrogen) atoms. The molecule has 3 heteroatoms. The van der Waals surface area contributed by atoms with Gasteiger partial charge in [0.05, 0.1) is 0 Å². The van der Waals surface area contributed by atoms with Gasteiger partial charge < -0.3 is 15.2 Å². The molecule has 0 saturated carbocycles. The van der Waals surface area contributed by atoms with E-state index in [1.165, 1.54) is 0 Å². The van der Waals surface area contributed by atoms with Gasteiger partial charge in [0.1, 0.15) is 18.0 Å². The average Bonchev–Trinajstić information content (AvgIpc) is 2.46. The molecule has 2 aromatic carbocycles. The first-order valence-corrected chi connectivity index (χ1v) is 6.81. The fourth-order valence-corrected chi connectivity index (χ4v) is 2.57. The maximum absolute atomic E-state index is 10.4. The third-order valence-electron chi connectivity index (χ3n) is 3.78. The Morgan fingerprint density at radius 1 is 1.05 bits per heavy atom. The Labute approximate surface area is 113 Å². The minimum atomic E-state index is -0.692. The number of rotatable bonds is 3. The van der Waals surface area contributed by atoms with Crippen LogP contribution in [0.4, 0.5) is 0 Å². The van der Waals surface area contributed by atoms with E-state index in [9.17, 15) is 5.11 Å². The summed E-state index contributed by atoms with van der Waals surface area (Å²) in [6.07, 6.45) is 1.50. The van der Waals surface area contributed by atoms with Crippen LogP contribution in [0.2, 0.25) is 0 Å². The van der Waals surface area contributed by atoms with Gasteiger partial charge in [0, 0.05) is 5.39 Å². The van der Waals surface area contributed by atoms with E-state index in [1.807, 2.05) is 24.3 Å². The molecule has 100 valence electrons. The maximum Gasteiger partial charge on any atom is 0.127 e. The predicted molar refractivity (Wildman–Crippen MR) is 76.5 cm³/mol. The SMILES string of the molecule is OC1(COc2cccc3ccccc23)CCNCC1. The second-order valence-corrected chi connectivity index (χ2v) is 5.24. The molecular formula is C16H19NO2. The van der Waals surface area contributed by atoms with Gasteiger partial charge in [-0.05, 0) is 37.4 Å². The first kappa shape index (κ1) is 12.5. The summed E-state index contributed by atoms with van der Waals surface area (Å²) in [6, 6.07) is 14.2. The predicted octanol–water partition coefficient (Wildman–Crippen LogP) is 2.33. The van der Waals surface area contributed by atoms with Crippen LogP contribution in [0.5, 0.6) is 5.75 Å². The van der Waals surface area contributed by atoms with Gasteiger partial charge in [-0.25, -0.2) is 0 Å². The Balaban J connectivity index is 1.78. The number of fused-ring (bicyclic) bond motifs is 1. The molecule has 3 rings (SSSR count). The number of benzene rings is 2. The van der Waals surface area contributed by atoms with Crippen LogP contribution in [0.15, 0.2) is 42.5 Å². The minimum absolute atomic E-state index is 0.364. The number of hydrogen-bond acceptors (Lipinski definition) is 3. The van der Waals surface area contributed by atoms with Gasteiger partial charge in [-0.1, -0.05) is 36.4 Å². The molecule has 0 aliphatic carbocycles. The van der Waals surface area contributed by atoms with Crippen molar-refractivity contribution in [2.24, 2.45) is 0 Å². The Morgan fingerprint density at radius 2 is 1.79 bits per heavy atom. The second-order valence-electron chi connectivity index (χ2n) is 5.24. The third-order valence-corrected chi connectivity index (χ3v) is 3.78. The molecule has 1 saturated heterocycles. The van der Waals surface area contributed by atoms with E-state index in [1.54, 1.807) is 0 Å². The van der Waals surface area contributed by atoms with Crippen LogP contribution in [-0.4, -0.2) is 30.4 Å². The lowest BCUT2D eigenvalue weighted by molar-refractivity contribution is -0.0282. The zero-order valence-corrected chi connectivity index (χ0v) is 10.9. The summed E-state index contributed by atoms with van der Waals surface area (Å²) >= 11 is 0. The van der Waals surface area contributed by atoms with E-state index < -0.39 is 5.60 Å². The molecule has 2 aromatic rings. The van der Waals surface area contributed by atoms with Crippen LogP contribution in [-0.2, 0) is 0 Å². The van der Waals surface area contributed by atoms with Crippen LogP contribution in [0.1, 0.15) is 12.8 Å². The monoisotopic (exact) mass is 257 g/mol. The largest absolute Gasteiger partial charge is 0.490 e. The first-order valence-electron chi connectivity index (χ1n) is 6.81. The van der Waals surface area contributed by atoms with Crippen molar-refractivity contribution in [3.8, 4) is 5.75 Å². The summed E-state index contributed by atoms with van der Waals surface area (Å²) in [4.78, 5) is 0. The standard InChI is InChI=1S/C16H19NO2/c18-16(8-10-17-11-9-16)12-19-15-7-3-5-13-4-1-2-6-14(13)15/h1-7,17-18H,8-12H2. The topological polar surface area (TPSA) is 41.5 Å². The molecule has 0 unspecified atom stereocenters. The van der Waals surface area contributed by atoms with Crippen molar-refractivity contribution >= 4 is 10.8 Å². The van der Waals surface area contributed by atoms with E-state index in [-0.39, 0.29) is 0 Å². The number of piperidine rings is 1. The van der Waals surface area contributed by atoms with Crippen molar-refractivity contribution in [2.75, 3.05) is 19.7 Å². The molecule has 1 aliphatic heterocycles. The molecule has 0 amide bonds. The van der Waals surface area contributed by atoms with E-state index in [4.69, 9.17) is 4.74 Å². The molecule has 1 aliphatic rings. The number of ether oxygens (including phenoxy) is 1. The molecule has 1 fully saturated rings. The Bertz CT molecular complexity index is 556. The number of nitrogens with one attached hydrogen (secondary N) is 1. The second kappa shape index (κ2) is 5.19. The van der Waals surface area contributed by atoms with E-state index in [2.05, 4.69) is 23.5 Å². The van der Waals surface area contributed by atoms with Gasteiger partial charge in [-0.3, -0.25) is 0 Å². The van der Waals surface area contributed by atoms with Gasteiger partial charge in [-0.2, -0.15) is 0 Å². The third kappa shape index (κ3) is 2.72. The summed E-state index contributed by atoms with van der Waals surface area (Å²) in [7, 11) is 0. The molecule has 0 atom stereocenters. The molecule has 1 heterocycles. The fraction of sp³-hybridized carbons (Fsp3) is 0.375. The highest BCUT2D eigenvalue weighted by Gasteiger charge is 2.30. The number of hydrogen-bond donors (Lipinski definition) is 2. The highest BCUT2D eigenvalue weighted by atomic mass is 16.5. The lowest BCUT2D eigenvalue weighted by Gasteiger charge is -2.32. The van der Waals surface area contributed by atoms with Crippen LogP contribution >= 0.6 is 0 Å². The molecule has 3 nitrogen and oxygen atoms in total. The number of aliphatic hydroxyl groups is 1. The lowest BCUT2D eigenvalue weighted by atomic mass is 9.93. The maximum atomic E-state index is 10.4. The van der Waals surface area contributed by atoms with Crippen LogP contribution in [0.25, 0.3) is 10.8 Å². The summed E-state index contributed by atoms with van der Waals surface area (Å²) in [6.45, 7) is 2.08. The lowest BCUT2D eigenvalue weighted by Crippen LogP contribution is -2.45. The normalized spacial score (nSPS) is 18.4. The van der Waals surface area contributed by atoms with E-state index in [0.717, 1.165) is 42.5 Å². The molecule has 0 spiro atoms. The Morgan fingerprint density at radius 3 is 2.63 bits per heavy atom. The highest BCUT2D eigenvalue weighted by molar-refractivity contribution is 5.88. The fourth-order valence-electron chi connectivity index (χ4n) is 2.57. The smallest absolute Gasteiger partial charge is 0.127 e. The zero-order chi connectivity index (χ0) is 13.1. The van der Waals surface area contributed by atoms with E-state index >= 15 is 0 Å². The summed E-state index contributed by atoms with van der Waals surface area (Å²) in [5.74, 6) is 0.852. The Kier molecular flexibility index (Phi) is 3.40. The van der Waals surface area contributed by atoms with Gasteiger partial charge in [0.15, 0.2) is 0 Å². The molecule has 0 aromatic heterocycles. The van der Waals surface area contributed by atoms with Gasteiger partial charge >= 0.3 is 0 Å². The van der Waals surface area contributed by atoms with Crippen LogP contribution in [0, 0.1) is 0 Å². The van der Waals surface area contributed by atoms with Gasteiger partial charge in [-0.15, -0.1) is 0 Å². The highest BCUT2D eigenvalue weighted by Crippen LogP contribution is 2.27. The van der Waals surface area contributed by atoms with E-state index in [0.29, 0.717) is 6.61 Å². The average molecular weight is 257 g/mol. The minimum Gasteiger partial charge on any atom is -0.490 e. The molecule has 0 bridgehead atoms. The molecular weight excluding hydrogens is 238 g/mol. The van der Waals surface area contributed by atoms with Crippen molar-refractivity contribution < 1.29 is 9.84 Å². The van der Waals surface area contributed by atoms with Crippen molar-refractivity contribution in [3.05, 3.63) is 42.5 Å².